The Kier molecular flexibility index (Phi) is 5.31. The molecule has 1 N–H and O–H groups in total. The summed E-state index contributed by atoms with van der Waals surface area (Å²) in [6.45, 7) is 1.000. The Labute approximate surface area is 171 Å². The summed E-state index contributed by atoms with van der Waals surface area (Å²) in [7, 11) is -3.58. The molecule has 0 spiro atoms. The molecule has 10 heteroatoms. The molecule has 1 fully saturated rings. The summed E-state index contributed by atoms with van der Waals surface area (Å²) < 4.78 is 27.0. The third-order valence-electron chi connectivity index (χ3n) is 4.53. The van der Waals surface area contributed by atoms with Gasteiger partial charge in [0.1, 0.15) is 9.90 Å². The van der Waals surface area contributed by atoms with E-state index in [1.54, 1.807) is 0 Å². The molecule has 1 saturated heterocycles. The van der Waals surface area contributed by atoms with Crippen LogP contribution in [0.1, 0.15) is 23.4 Å². The fourth-order valence-electron chi connectivity index (χ4n) is 3.07. The number of nitrogens with zero attached hydrogens (tertiary/aromatic N) is 4. The number of sulfonamides is 1. The van der Waals surface area contributed by atoms with Gasteiger partial charge in [-0.2, -0.15) is 14.2 Å². The van der Waals surface area contributed by atoms with Crippen LogP contribution in [0.2, 0.25) is 0 Å². The molecule has 0 bridgehead atoms. The van der Waals surface area contributed by atoms with E-state index in [2.05, 4.69) is 10.2 Å². The fourth-order valence-corrected chi connectivity index (χ4v) is 6.06. The first kappa shape index (κ1) is 19.5. The molecule has 0 aliphatic carbocycles. The lowest BCUT2D eigenvalue weighted by atomic mass is 10.2. The van der Waals surface area contributed by atoms with Crippen LogP contribution in [0.4, 0.5) is 0 Å². The molecule has 1 aliphatic heterocycles. The Morgan fingerprint density at radius 1 is 1.10 bits per heavy atom. The number of aliphatic carboxylic acids is 1. The van der Waals surface area contributed by atoms with Crippen LogP contribution >= 0.6 is 11.3 Å². The van der Waals surface area contributed by atoms with Gasteiger partial charge in [0.25, 0.3) is 10.0 Å². The van der Waals surface area contributed by atoms with E-state index < -0.39 is 16.0 Å². The maximum absolute atomic E-state index is 12.7. The molecule has 1 aromatic carbocycles. The maximum Gasteiger partial charge on any atom is 0.337 e. The van der Waals surface area contributed by atoms with Gasteiger partial charge in [-0.15, -0.1) is 16.4 Å². The Morgan fingerprint density at radius 3 is 2.52 bits per heavy atom. The molecule has 29 heavy (non-hydrogen) atoms. The van der Waals surface area contributed by atoms with Gasteiger partial charge in [0.05, 0.1) is 17.5 Å². The van der Waals surface area contributed by atoms with Crippen LogP contribution in [-0.4, -0.2) is 51.9 Å². The van der Waals surface area contributed by atoms with Crippen molar-refractivity contribution in [1.82, 2.24) is 19.3 Å². The topological polar surface area (TPSA) is 105 Å². The van der Waals surface area contributed by atoms with Crippen LogP contribution in [0.15, 0.2) is 52.9 Å². The number of hydrogen-bond donors (Lipinski definition) is 1. The standard InChI is InChI=1S/C19H18N4O4S2/c24-19(25)16(12-14-13-20-23(21-14)15-6-2-1-3-7-15)17-8-9-18(28-17)29(26,27)22-10-4-5-11-22/h1-3,6-9,12-13H,4-5,10-11H2,(H,24,25)/b16-12+. The van der Waals surface area contributed by atoms with Crippen molar-refractivity contribution in [3.8, 4) is 5.69 Å². The van der Waals surface area contributed by atoms with Gasteiger partial charge in [0, 0.05) is 18.0 Å². The predicted octanol–water partition coefficient (Wildman–Crippen LogP) is 2.74. The van der Waals surface area contributed by atoms with E-state index in [1.807, 2.05) is 30.3 Å². The summed E-state index contributed by atoms with van der Waals surface area (Å²) in [6, 6.07) is 12.2. The van der Waals surface area contributed by atoms with Crippen molar-refractivity contribution < 1.29 is 18.3 Å². The number of aromatic nitrogens is 3. The molecule has 8 nitrogen and oxygen atoms in total. The molecular weight excluding hydrogens is 412 g/mol. The van der Waals surface area contributed by atoms with Gasteiger partial charge in [0.15, 0.2) is 0 Å². The van der Waals surface area contributed by atoms with E-state index in [9.17, 15) is 18.3 Å². The smallest absolute Gasteiger partial charge is 0.337 e. The number of carboxylic acids is 1. The number of rotatable bonds is 6. The summed E-state index contributed by atoms with van der Waals surface area (Å²) in [5.74, 6) is -1.16. The minimum atomic E-state index is -3.58. The summed E-state index contributed by atoms with van der Waals surface area (Å²) in [4.78, 5) is 13.6. The highest BCUT2D eigenvalue weighted by Crippen LogP contribution is 2.31. The normalized spacial score (nSPS) is 15.7. The van der Waals surface area contributed by atoms with Crippen molar-refractivity contribution >= 4 is 39.0 Å². The minimum absolute atomic E-state index is 0.0296. The second-order valence-electron chi connectivity index (χ2n) is 6.49. The van der Waals surface area contributed by atoms with E-state index in [-0.39, 0.29) is 9.78 Å². The van der Waals surface area contributed by atoms with Crippen molar-refractivity contribution in [3.05, 3.63) is 59.2 Å². The van der Waals surface area contributed by atoms with Gasteiger partial charge < -0.3 is 5.11 Å². The summed E-state index contributed by atoms with van der Waals surface area (Å²) in [6.07, 6.45) is 4.54. The highest BCUT2D eigenvalue weighted by Gasteiger charge is 2.29. The zero-order valence-electron chi connectivity index (χ0n) is 15.3. The van der Waals surface area contributed by atoms with Gasteiger partial charge in [-0.05, 0) is 43.2 Å². The van der Waals surface area contributed by atoms with Crippen LogP contribution in [-0.2, 0) is 14.8 Å². The van der Waals surface area contributed by atoms with Crippen LogP contribution in [0.25, 0.3) is 17.3 Å². The third kappa shape index (κ3) is 4.00. The maximum atomic E-state index is 12.7. The molecule has 0 amide bonds. The van der Waals surface area contributed by atoms with E-state index in [0.29, 0.717) is 23.7 Å². The van der Waals surface area contributed by atoms with Gasteiger partial charge in [0.2, 0.25) is 0 Å². The predicted molar refractivity (Wildman–Crippen MR) is 109 cm³/mol. The fraction of sp³-hybridized carbons (Fsp3) is 0.211. The van der Waals surface area contributed by atoms with Crippen molar-refractivity contribution in [2.24, 2.45) is 0 Å². The molecule has 0 saturated carbocycles. The van der Waals surface area contributed by atoms with E-state index in [1.165, 1.54) is 33.5 Å². The summed E-state index contributed by atoms with van der Waals surface area (Å²) in [5, 5.41) is 18.1. The second-order valence-corrected chi connectivity index (χ2v) is 9.74. The SMILES string of the molecule is O=C(O)/C(=C/c1cnn(-c2ccccc2)n1)c1ccc(S(=O)(=O)N2CCCC2)s1. The first-order valence-corrected chi connectivity index (χ1v) is 11.2. The number of para-hydroxylation sites is 1. The van der Waals surface area contributed by atoms with Gasteiger partial charge >= 0.3 is 5.97 Å². The monoisotopic (exact) mass is 430 g/mol. The zero-order valence-corrected chi connectivity index (χ0v) is 16.9. The summed E-state index contributed by atoms with van der Waals surface area (Å²) >= 11 is 0.952. The Balaban J connectivity index is 1.65. The first-order valence-electron chi connectivity index (χ1n) is 8.98. The Morgan fingerprint density at radius 2 is 1.83 bits per heavy atom. The number of hydrogen-bond acceptors (Lipinski definition) is 6. The van der Waals surface area contributed by atoms with Crippen molar-refractivity contribution in [2.75, 3.05) is 13.1 Å². The van der Waals surface area contributed by atoms with Crippen LogP contribution in [0, 0.1) is 0 Å². The molecule has 1 aliphatic rings. The lowest BCUT2D eigenvalue weighted by Gasteiger charge is -2.13. The number of carbonyl (C=O) groups is 1. The van der Waals surface area contributed by atoms with Crippen molar-refractivity contribution in [2.45, 2.75) is 17.1 Å². The molecule has 0 atom stereocenters. The first-order chi connectivity index (χ1) is 13.9. The Hall–Kier alpha value is -2.82. The molecule has 0 unspecified atom stereocenters. The number of thiophene rings is 1. The van der Waals surface area contributed by atoms with E-state index >= 15 is 0 Å². The largest absolute Gasteiger partial charge is 0.478 e. The number of benzene rings is 1. The molecule has 3 heterocycles. The van der Waals surface area contributed by atoms with Crippen LogP contribution < -0.4 is 0 Å². The molecular formula is C19H18N4O4S2. The lowest BCUT2D eigenvalue weighted by Crippen LogP contribution is -2.27. The van der Waals surface area contributed by atoms with Crippen LogP contribution in [0.5, 0.6) is 0 Å². The molecule has 4 rings (SSSR count). The minimum Gasteiger partial charge on any atom is -0.478 e. The highest BCUT2D eigenvalue weighted by atomic mass is 32.2. The molecule has 2 aromatic heterocycles. The average molecular weight is 431 g/mol. The van der Waals surface area contributed by atoms with Gasteiger partial charge in [-0.3, -0.25) is 0 Å². The Bertz CT molecular complexity index is 1160. The third-order valence-corrected chi connectivity index (χ3v) is 8.01. The molecule has 150 valence electrons. The zero-order chi connectivity index (χ0) is 20.4. The molecule has 0 radical (unpaired) electrons. The number of carboxylic acid groups (broad SMARTS) is 1. The van der Waals surface area contributed by atoms with Crippen molar-refractivity contribution in [3.63, 3.8) is 0 Å². The lowest BCUT2D eigenvalue weighted by molar-refractivity contribution is -0.130. The quantitative estimate of drug-likeness (QED) is 0.603. The molecule has 3 aromatic rings. The second kappa shape index (κ2) is 7.90. The average Bonchev–Trinajstić information content (AvgIpc) is 3.48. The van der Waals surface area contributed by atoms with Crippen molar-refractivity contribution in [1.29, 1.82) is 0 Å². The summed E-state index contributed by atoms with van der Waals surface area (Å²) in [5.41, 5.74) is 1.08. The van der Waals surface area contributed by atoms with Gasteiger partial charge in [-0.25, -0.2) is 13.2 Å². The van der Waals surface area contributed by atoms with E-state index in [4.69, 9.17) is 0 Å². The van der Waals surface area contributed by atoms with E-state index in [0.717, 1.165) is 29.9 Å². The van der Waals surface area contributed by atoms with Crippen LogP contribution in [0.3, 0.4) is 0 Å². The van der Waals surface area contributed by atoms with Gasteiger partial charge in [-0.1, -0.05) is 18.2 Å². The highest BCUT2D eigenvalue weighted by molar-refractivity contribution is 7.91.